The van der Waals surface area contributed by atoms with E-state index in [1.807, 2.05) is 31.2 Å². The van der Waals surface area contributed by atoms with Crippen LogP contribution in [-0.2, 0) is 6.61 Å². The Morgan fingerprint density at radius 3 is 2.71 bits per heavy atom. The minimum absolute atomic E-state index is 0.511. The van der Waals surface area contributed by atoms with Crippen LogP contribution in [0.3, 0.4) is 0 Å². The molecular weight excluding hydrogens is 212 g/mol. The maximum absolute atomic E-state index is 5.75. The maximum atomic E-state index is 5.75. The van der Waals surface area contributed by atoms with Crippen molar-refractivity contribution in [3.8, 4) is 5.75 Å². The molecule has 0 fully saturated rings. The van der Waals surface area contributed by atoms with Gasteiger partial charge in [0.25, 0.3) is 0 Å². The van der Waals surface area contributed by atoms with Gasteiger partial charge in [-0.3, -0.25) is 0 Å². The van der Waals surface area contributed by atoms with Crippen molar-refractivity contribution in [1.29, 1.82) is 0 Å². The average Bonchev–Trinajstić information content (AvgIpc) is 2.28. The first-order chi connectivity index (χ1) is 8.15. The minimum atomic E-state index is 0.511. The molecule has 2 N–H and O–H groups in total. The normalized spacial score (nSPS) is 10.2. The molecule has 3 heteroatoms. The number of pyridine rings is 1. The predicted molar refractivity (Wildman–Crippen MR) is 68.9 cm³/mol. The molecule has 17 heavy (non-hydrogen) atoms. The van der Waals surface area contributed by atoms with E-state index in [4.69, 9.17) is 10.5 Å². The van der Waals surface area contributed by atoms with Gasteiger partial charge in [-0.1, -0.05) is 17.7 Å². The second-order valence-electron chi connectivity index (χ2n) is 4.15. The number of aromatic nitrogens is 1. The molecule has 0 atom stereocenters. The third kappa shape index (κ3) is 2.97. The lowest BCUT2D eigenvalue weighted by molar-refractivity contribution is 0.304. The molecule has 1 heterocycles. The van der Waals surface area contributed by atoms with Gasteiger partial charge in [0, 0.05) is 6.20 Å². The molecule has 0 spiro atoms. The molecule has 1 aromatic carbocycles. The van der Waals surface area contributed by atoms with Crippen molar-refractivity contribution >= 4 is 5.82 Å². The van der Waals surface area contributed by atoms with Gasteiger partial charge in [0.1, 0.15) is 18.2 Å². The Hall–Kier alpha value is -2.03. The summed E-state index contributed by atoms with van der Waals surface area (Å²) in [6.45, 7) is 4.63. The van der Waals surface area contributed by atoms with Crippen LogP contribution < -0.4 is 10.5 Å². The van der Waals surface area contributed by atoms with Gasteiger partial charge in [0.05, 0.1) is 0 Å². The molecule has 0 saturated heterocycles. The van der Waals surface area contributed by atoms with Gasteiger partial charge in [-0.2, -0.15) is 0 Å². The number of nitrogen functional groups attached to an aromatic ring is 1. The van der Waals surface area contributed by atoms with E-state index in [-0.39, 0.29) is 0 Å². The van der Waals surface area contributed by atoms with E-state index in [2.05, 4.69) is 18.0 Å². The summed E-state index contributed by atoms with van der Waals surface area (Å²) in [4.78, 5) is 3.95. The molecule has 0 aliphatic rings. The predicted octanol–water partition coefficient (Wildman–Crippen LogP) is 2.86. The van der Waals surface area contributed by atoms with E-state index in [1.54, 1.807) is 6.20 Å². The van der Waals surface area contributed by atoms with E-state index >= 15 is 0 Å². The highest BCUT2D eigenvalue weighted by atomic mass is 16.5. The molecule has 88 valence electrons. The summed E-state index contributed by atoms with van der Waals surface area (Å²) in [7, 11) is 0. The van der Waals surface area contributed by atoms with Gasteiger partial charge >= 0.3 is 0 Å². The summed E-state index contributed by atoms with van der Waals surface area (Å²) in [6, 6.07) is 9.87. The van der Waals surface area contributed by atoms with Crippen LogP contribution in [0, 0.1) is 13.8 Å². The highest BCUT2D eigenvalue weighted by Gasteiger charge is 2.00. The average molecular weight is 228 g/mol. The van der Waals surface area contributed by atoms with Gasteiger partial charge in [0.2, 0.25) is 0 Å². The quantitative estimate of drug-likeness (QED) is 0.878. The highest BCUT2D eigenvalue weighted by molar-refractivity contribution is 5.36. The molecule has 0 aliphatic heterocycles. The standard InChI is InChI=1S/C14H16N2O/c1-10-3-4-13(11(2)7-10)17-9-12-5-6-16-14(15)8-12/h3-8H,9H2,1-2H3,(H2,15,16). The molecule has 2 rings (SSSR count). The fourth-order valence-electron chi connectivity index (χ4n) is 1.71. The zero-order chi connectivity index (χ0) is 12.3. The first-order valence-corrected chi connectivity index (χ1v) is 5.55. The first-order valence-electron chi connectivity index (χ1n) is 5.55. The van der Waals surface area contributed by atoms with E-state index in [0.717, 1.165) is 16.9 Å². The van der Waals surface area contributed by atoms with Gasteiger partial charge in [0.15, 0.2) is 0 Å². The zero-order valence-corrected chi connectivity index (χ0v) is 10.1. The fourth-order valence-corrected chi connectivity index (χ4v) is 1.71. The molecule has 2 aromatic rings. The van der Waals surface area contributed by atoms with Crippen LogP contribution >= 0.6 is 0 Å². The fraction of sp³-hybridized carbons (Fsp3) is 0.214. The largest absolute Gasteiger partial charge is 0.489 e. The van der Waals surface area contributed by atoms with E-state index < -0.39 is 0 Å². The summed E-state index contributed by atoms with van der Waals surface area (Å²) >= 11 is 0. The lowest BCUT2D eigenvalue weighted by Crippen LogP contribution is -1.99. The Morgan fingerprint density at radius 1 is 1.18 bits per heavy atom. The molecule has 0 bridgehead atoms. The number of aryl methyl sites for hydroxylation is 2. The first kappa shape index (κ1) is 11.5. The molecule has 0 saturated carbocycles. The van der Waals surface area contributed by atoms with Crippen molar-refractivity contribution < 1.29 is 4.74 Å². The van der Waals surface area contributed by atoms with E-state index in [0.29, 0.717) is 12.4 Å². The number of benzene rings is 1. The summed E-state index contributed by atoms with van der Waals surface area (Å²) < 4.78 is 5.75. The number of hydrogen-bond donors (Lipinski definition) is 1. The summed E-state index contributed by atoms with van der Waals surface area (Å²) in [5, 5.41) is 0. The Balaban J connectivity index is 2.07. The minimum Gasteiger partial charge on any atom is -0.489 e. The number of nitrogens with zero attached hydrogens (tertiary/aromatic N) is 1. The maximum Gasteiger partial charge on any atom is 0.123 e. The van der Waals surface area contributed by atoms with E-state index in [9.17, 15) is 0 Å². The molecule has 0 amide bonds. The van der Waals surface area contributed by atoms with Crippen molar-refractivity contribution in [2.24, 2.45) is 0 Å². The molecular formula is C14H16N2O. The number of rotatable bonds is 3. The molecule has 0 aliphatic carbocycles. The van der Waals surface area contributed by atoms with E-state index in [1.165, 1.54) is 5.56 Å². The summed E-state index contributed by atoms with van der Waals surface area (Å²) in [5.74, 6) is 1.43. The third-order valence-corrected chi connectivity index (χ3v) is 2.57. The third-order valence-electron chi connectivity index (χ3n) is 2.57. The number of nitrogens with two attached hydrogens (primary N) is 1. The van der Waals surface area contributed by atoms with Crippen molar-refractivity contribution in [2.45, 2.75) is 20.5 Å². The Labute approximate surface area is 101 Å². The van der Waals surface area contributed by atoms with Crippen molar-refractivity contribution in [3.63, 3.8) is 0 Å². The highest BCUT2D eigenvalue weighted by Crippen LogP contribution is 2.20. The Kier molecular flexibility index (Phi) is 3.28. The van der Waals surface area contributed by atoms with Gasteiger partial charge in [-0.25, -0.2) is 4.98 Å². The topological polar surface area (TPSA) is 48.1 Å². The number of anilines is 1. The number of ether oxygens (including phenoxy) is 1. The Morgan fingerprint density at radius 2 is 2.00 bits per heavy atom. The van der Waals surface area contributed by atoms with Crippen molar-refractivity contribution in [1.82, 2.24) is 4.98 Å². The van der Waals surface area contributed by atoms with Crippen LogP contribution in [-0.4, -0.2) is 4.98 Å². The molecule has 0 unspecified atom stereocenters. The van der Waals surface area contributed by atoms with Crippen molar-refractivity contribution in [3.05, 3.63) is 53.2 Å². The van der Waals surface area contributed by atoms with Crippen LogP contribution in [0.1, 0.15) is 16.7 Å². The second kappa shape index (κ2) is 4.87. The molecule has 0 radical (unpaired) electrons. The second-order valence-corrected chi connectivity index (χ2v) is 4.15. The summed E-state index contributed by atoms with van der Waals surface area (Å²) in [6.07, 6.45) is 1.69. The van der Waals surface area contributed by atoms with Gasteiger partial charge in [-0.05, 0) is 43.2 Å². The SMILES string of the molecule is Cc1ccc(OCc2ccnc(N)c2)c(C)c1. The summed E-state index contributed by atoms with van der Waals surface area (Å²) in [5.41, 5.74) is 9.02. The zero-order valence-electron chi connectivity index (χ0n) is 10.1. The van der Waals surface area contributed by atoms with Crippen LogP contribution in [0.25, 0.3) is 0 Å². The van der Waals surface area contributed by atoms with Crippen LogP contribution in [0.4, 0.5) is 5.82 Å². The smallest absolute Gasteiger partial charge is 0.123 e. The Bertz CT molecular complexity index is 523. The van der Waals surface area contributed by atoms with Crippen LogP contribution in [0.15, 0.2) is 36.5 Å². The lowest BCUT2D eigenvalue weighted by Gasteiger charge is -2.09. The lowest BCUT2D eigenvalue weighted by atomic mass is 10.1. The monoisotopic (exact) mass is 228 g/mol. The van der Waals surface area contributed by atoms with Crippen LogP contribution in [0.5, 0.6) is 5.75 Å². The molecule has 3 nitrogen and oxygen atoms in total. The molecule has 1 aromatic heterocycles. The van der Waals surface area contributed by atoms with Crippen LogP contribution in [0.2, 0.25) is 0 Å². The van der Waals surface area contributed by atoms with Gasteiger partial charge < -0.3 is 10.5 Å². The van der Waals surface area contributed by atoms with Crippen molar-refractivity contribution in [2.75, 3.05) is 5.73 Å². The van der Waals surface area contributed by atoms with Gasteiger partial charge in [-0.15, -0.1) is 0 Å². The number of hydrogen-bond acceptors (Lipinski definition) is 3.